The summed E-state index contributed by atoms with van der Waals surface area (Å²) in [7, 11) is 0. The predicted octanol–water partition coefficient (Wildman–Crippen LogP) is 4.07. The average Bonchev–Trinajstić information content (AvgIpc) is 2.89. The zero-order valence-electron chi connectivity index (χ0n) is 14.9. The van der Waals surface area contributed by atoms with E-state index < -0.39 is 5.97 Å². The first-order chi connectivity index (χ1) is 11.5. The van der Waals surface area contributed by atoms with Crippen LogP contribution in [0.4, 0.5) is 0 Å². The van der Waals surface area contributed by atoms with Gasteiger partial charge < -0.3 is 15.3 Å². The van der Waals surface area contributed by atoms with Crippen LogP contribution >= 0.6 is 0 Å². The molecule has 0 aromatic rings. The number of hydrogen-bond acceptors (Lipinski definition) is 3. The van der Waals surface area contributed by atoms with Crippen LogP contribution in [0.2, 0.25) is 0 Å². The van der Waals surface area contributed by atoms with Crippen LogP contribution in [0.3, 0.4) is 0 Å². The number of aliphatic hydroxyl groups is 2. The van der Waals surface area contributed by atoms with Gasteiger partial charge >= 0.3 is 5.97 Å². The molecule has 24 heavy (non-hydrogen) atoms. The molecule has 0 spiro atoms. The van der Waals surface area contributed by atoms with E-state index >= 15 is 0 Å². The van der Waals surface area contributed by atoms with Gasteiger partial charge in [0.15, 0.2) is 0 Å². The van der Waals surface area contributed by atoms with E-state index in [2.05, 4.69) is 19.1 Å². The number of hydrogen-bond donors (Lipinski definition) is 3. The van der Waals surface area contributed by atoms with Crippen molar-refractivity contribution in [1.82, 2.24) is 0 Å². The lowest BCUT2D eigenvalue weighted by Crippen LogP contribution is -2.17. The van der Waals surface area contributed by atoms with E-state index in [1.807, 2.05) is 12.2 Å². The quantitative estimate of drug-likeness (QED) is 0.370. The maximum absolute atomic E-state index is 10.5. The van der Waals surface area contributed by atoms with Crippen LogP contribution in [0.5, 0.6) is 0 Å². The summed E-state index contributed by atoms with van der Waals surface area (Å²) in [5.41, 5.74) is 0. The molecule has 3 N–H and O–H groups in total. The van der Waals surface area contributed by atoms with Crippen LogP contribution < -0.4 is 0 Å². The van der Waals surface area contributed by atoms with Crippen LogP contribution in [0.15, 0.2) is 24.3 Å². The molecular formula is C20H34O4. The SMILES string of the molecule is CCCCCC(O)C=C[C@@H]1CC[C@@H](O)[C@@H]1CC=CCCCC(=O)O. The summed E-state index contributed by atoms with van der Waals surface area (Å²) in [6.45, 7) is 2.15. The first-order valence-electron chi connectivity index (χ1n) is 9.45. The highest BCUT2D eigenvalue weighted by atomic mass is 16.4. The maximum atomic E-state index is 10.5. The maximum Gasteiger partial charge on any atom is 0.303 e. The molecule has 1 saturated carbocycles. The Labute approximate surface area is 146 Å². The Bertz CT molecular complexity index is 402. The molecule has 0 aliphatic heterocycles. The van der Waals surface area contributed by atoms with Gasteiger partial charge in [-0.3, -0.25) is 4.79 Å². The van der Waals surface area contributed by atoms with Crippen molar-refractivity contribution in [3.8, 4) is 0 Å². The number of carboxylic acids is 1. The second-order valence-electron chi connectivity index (χ2n) is 6.91. The topological polar surface area (TPSA) is 77.8 Å². The Balaban J connectivity index is 2.35. The Morgan fingerprint density at radius 1 is 1.21 bits per heavy atom. The summed E-state index contributed by atoms with van der Waals surface area (Å²) in [5.74, 6) is -0.221. The monoisotopic (exact) mass is 338 g/mol. The lowest BCUT2D eigenvalue weighted by atomic mass is 9.90. The van der Waals surface area contributed by atoms with Crippen molar-refractivity contribution in [2.45, 2.75) is 83.3 Å². The summed E-state index contributed by atoms with van der Waals surface area (Å²) in [6.07, 6.45) is 15.9. The summed E-state index contributed by atoms with van der Waals surface area (Å²) in [5, 5.41) is 28.8. The molecule has 138 valence electrons. The molecule has 1 fully saturated rings. The molecule has 0 amide bonds. The molecule has 1 aliphatic rings. The minimum Gasteiger partial charge on any atom is -0.481 e. The van der Waals surface area contributed by atoms with Crippen molar-refractivity contribution >= 4 is 5.97 Å². The molecular weight excluding hydrogens is 304 g/mol. The van der Waals surface area contributed by atoms with Gasteiger partial charge in [-0.05, 0) is 50.4 Å². The average molecular weight is 338 g/mol. The lowest BCUT2D eigenvalue weighted by molar-refractivity contribution is -0.137. The highest BCUT2D eigenvalue weighted by molar-refractivity contribution is 5.66. The van der Waals surface area contributed by atoms with Crippen molar-refractivity contribution in [3.63, 3.8) is 0 Å². The highest BCUT2D eigenvalue weighted by Crippen LogP contribution is 2.36. The van der Waals surface area contributed by atoms with Crippen molar-refractivity contribution in [2.75, 3.05) is 0 Å². The summed E-state index contributed by atoms with van der Waals surface area (Å²) >= 11 is 0. The minimum absolute atomic E-state index is 0.206. The molecule has 1 rings (SSSR count). The second-order valence-corrected chi connectivity index (χ2v) is 6.91. The van der Waals surface area contributed by atoms with Crippen LogP contribution in [-0.2, 0) is 4.79 Å². The Morgan fingerprint density at radius 3 is 2.71 bits per heavy atom. The van der Waals surface area contributed by atoms with E-state index in [0.29, 0.717) is 12.3 Å². The van der Waals surface area contributed by atoms with E-state index in [1.165, 1.54) is 0 Å². The van der Waals surface area contributed by atoms with Gasteiger partial charge in [0.05, 0.1) is 12.2 Å². The number of unbranched alkanes of at least 4 members (excludes halogenated alkanes) is 3. The fraction of sp³-hybridized carbons (Fsp3) is 0.750. The van der Waals surface area contributed by atoms with Gasteiger partial charge in [-0.25, -0.2) is 0 Å². The molecule has 0 bridgehead atoms. The third-order valence-corrected chi connectivity index (χ3v) is 4.86. The molecule has 0 heterocycles. The minimum atomic E-state index is -0.752. The van der Waals surface area contributed by atoms with Crippen molar-refractivity contribution in [3.05, 3.63) is 24.3 Å². The molecule has 0 aromatic heterocycles. The zero-order valence-corrected chi connectivity index (χ0v) is 14.9. The van der Waals surface area contributed by atoms with Crippen LogP contribution in [0, 0.1) is 11.8 Å². The van der Waals surface area contributed by atoms with Gasteiger partial charge in [0.1, 0.15) is 0 Å². The molecule has 4 heteroatoms. The summed E-state index contributed by atoms with van der Waals surface area (Å²) < 4.78 is 0. The van der Waals surface area contributed by atoms with Gasteiger partial charge in [-0.15, -0.1) is 0 Å². The smallest absolute Gasteiger partial charge is 0.303 e. The Hall–Kier alpha value is -1.13. The second kappa shape index (κ2) is 12.3. The molecule has 4 atom stereocenters. The van der Waals surface area contributed by atoms with Gasteiger partial charge in [-0.1, -0.05) is 50.5 Å². The summed E-state index contributed by atoms with van der Waals surface area (Å²) in [6, 6.07) is 0. The molecule has 1 aliphatic carbocycles. The highest BCUT2D eigenvalue weighted by Gasteiger charge is 2.32. The number of carbonyl (C=O) groups is 1. The van der Waals surface area contributed by atoms with Crippen molar-refractivity contribution in [2.24, 2.45) is 11.8 Å². The van der Waals surface area contributed by atoms with E-state index in [0.717, 1.165) is 51.4 Å². The van der Waals surface area contributed by atoms with E-state index in [4.69, 9.17) is 5.11 Å². The Morgan fingerprint density at radius 2 is 2.00 bits per heavy atom. The first-order valence-corrected chi connectivity index (χ1v) is 9.45. The molecule has 4 nitrogen and oxygen atoms in total. The standard InChI is InChI=1S/C20H34O4/c1-2-3-6-9-17(21)14-12-16-13-15-19(22)18(16)10-7-4-5-8-11-20(23)24/h4,7,12,14,16-19,21-22H,2-3,5-6,8-11,13,15H2,1H3,(H,23,24)/t16-,17?,18-,19-/m1/s1. The molecule has 0 saturated heterocycles. The Kier molecular flexibility index (Phi) is 10.7. The number of allylic oxidation sites excluding steroid dienone is 3. The molecule has 1 unspecified atom stereocenters. The third kappa shape index (κ3) is 8.65. The van der Waals surface area contributed by atoms with Crippen molar-refractivity contribution in [1.29, 1.82) is 0 Å². The summed E-state index contributed by atoms with van der Waals surface area (Å²) in [4.78, 5) is 10.5. The normalized spacial score (nSPS) is 25.7. The van der Waals surface area contributed by atoms with Crippen molar-refractivity contribution < 1.29 is 20.1 Å². The fourth-order valence-electron chi connectivity index (χ4n) is 3.36. The van der Waals surface area contributed by atoms with Crippen LogP contribution in [0.25, 0.3) is 0 Å². The van der Waals surface area contributed by atoms with E-state index in [-0.39, 0.29) is 24.5 Å². The number of aliphatic carboxylic acids is 1. The zero-order chi connectivity index (χ0) is 17.8. The lowest BCUT2D eigenvalue weighted by Gasteiger charge is -2.18. The van der Waals surface area contributed by atoms with Gasteiger partial charge in [0.25, 0.3) is 0 Å². The first kappa shape index (κ1) is 20.9. The molecule has 0 aromatic carbocycles. The number of rotatable bonds is 12. The third-order valence-electron chi connectivity index (χ3n) is 4.86. The van der Waals surface area contributed by atoms with Gasteiger partial charge in [0, 0.05) is 6.42 Å². The largest absolute Gasteiger partial charge is 0.481 e. The van der Waals surface area contributed by atoms with Gasteiger partial charge in [0.2, 0.25) is 0 Å². The van der Waals surface area contributed by atoms with Crippen LogP contribution in [-0.4, -0.2) is 33.5 Å². The van der Waals surface area contributed by atoms with Crippen LogP contribution in [0.1, 0.15) is 71.1 Å². The fourth-order valence-corrected chi connectivity index (χ4v) is 3.36. The number of aliphatic hydroxyl groups excluding tert-OH is 2. The number of carboxylic acid groups (broad SMARTS) is 1. The van der Waals surface area contributed by atoms with Gasteiger partial charge in [-0.2, -0.15) is 0 Å². The predicted molar refractivity (Wildman–Crippen MR) is 96.8 cm³/mol. The van der Waals surface area contributed by atoms with E-state index in [1.54, 1.807) is 0 Å². The molecule has 0 radical (unpaired) electrons. The van der Waals surface area contributed by atoms with E-state index in [9.17, 15) is 15.0 Å².